The molecule has 6 heteroatoms. The van der Waals surface area contributed by atoms with Crippen LogP contribution in [0, 0.1) is 0 Å². The summed E-state index contributed by atoms with van der Waals surface area (Å²) in [4.78, 5) is 29.3. The number of amides is 3. The number of anilines is 1. The number of carbonyl (C=O) groups is 2. The molecule has 0 spiro atoms. The Balaban J connectivity index is 1.51. The van der Waals surface area contributed by atoms with Gasteiger partial charge >= 0.3 is 6.03 Å². The second-order valence-electron chi connectivity index (χ2n) is 6.45. The molecular formula is C20H20N4O2. The van der Waals surface area contributed by atoms with Gasteiger partial charge in [0, 0.05) is 36.1 Å². The van der Waals surface area contributed by atoms with E-state index in [2.05, 4.69) is 21.7 Å². The molecule has 1 fully saturated rings. The van der Waals surface area contributed by atoms with Crippen molar-refractivity contribution in [3.63, 3.8) is 0 Å². The third kappa shape index (κ3) is 3.01. The van der Waals surface area contributed by atoms with E-state index >= 15 is 0 Å². The number of benzene rings is 2. The van der Waals surface area contributed by atoms with Gasteiger partial charge < -0.3 is 15.6 Å². The maximum Gasteiger partial charge on any atom is 0.321 e. The first-order valence-corrected chi connectivity index (χ1v) is 8.65. The molecule has 132 valence electrons. The third-order valence-electron chi connectivity index (χ3n) is 4.70. The number of urea groups is 1. The normalized spacial score (nSPS) is 15.1. The Morgan fingerprint density at radius 3 is 2.88 bits per heavy atom. The Morgan fingerprint density at radius 2 is 2.08 bits per heavy atom. The van der Waals surface area contributed by atoms with Gasteiger partial charge in [0.15, 0.2) is 0 Å². The Morgan fingerprint density at radius 1 is 1.19 bits per heavy atom. The van der Waals surface area contributed by atoms with Crippen LogP contribution in [0.25, 0.3) is 10.9 Å². The molecule has 3 N–H and O–H groups in total. The number of nitrogens with one attached hydrogen (secondary N) is 3. The van der Waals surface area contributed by atoms with Crippen LogP contribution in [-0.4, -0.2) is 30.0 Å². The molecule has 1 atom stereocenters. The van der Waals surface area contributed by atoms with E-state index in [1.165, 1.54) is 0 Å². The maximum atomic E-state index is 12.7. The number of carbonyl (C=O) groups excluding carboxylic acids is 2. The van der Waals surface area contributed by atoms with Crippen LogP contribution < -0.4 is 15.5 Å². The molecule has 6 nitrogen and oxygen atoms in total. The molecule has 0 bridgehead atoms. The van der Waals surface area contributed by atoms with Crippen molar-refractivity contribution in [2.75, 3.05) is 18.0 Å². The van der Waals surface area contributed by atoms with E-state index in [-0.39, 0.29) is 18.0 Å². The molecule has 0 radical (unpaired) electrons. The van der Waals surface area contributed by atoms with Crippen LogP contribution in [0.2, 0.25) is 0 Å². The topological polar surface area (TPSA) is 77.2 Å². The fraction of sp³-hybridized carbons (Fsp3) is 0.200. The zero-order chi connectivity index (χ0) is 18.1. The summed E-state index contributed by atoms with van der Waals surface area (Å²) in [6, 6.07) is 15.0. The number of aromatic nitrogens is 1. The zero-order valence-corrected chi connectivity index (χ0v) is 14.5. The summed E-state index contributed by atoms with van der Waals surface area (Å²) in [7, 11) is 0. The number of H-pyrrole nitrogens is 1. The molecule has 2 heterocycles. The second kappa shape index (κ2) is 6.55. The van der Waals surface area contributed by atoms with Crippen LogP contribution in [-0.2, 0) is 0 Å². The standard InChI is InChI=1S/C20H20N4O2/c1-13(14-5-6-18-15(11-14)7-8-21-18)23-19(25)16-3-2-4-17(12-16)24-10-9-22-20(24)26/h2-8,11-13,21H,9-10H2,1H3,(H,22,26)(H,23,25). The lowest BCUT2D eigenvalue weighted by molar-refractivity contribution is 0.0940. The summed E-state index contributed by atoms with van der Waals surface area (Å²) >= 11 is 0. The third-order valence-corrected chi connectivity index (χ3v) is 4.70. The van der Waals surface area contributed by atoms with Crippen molar-refractivity contribution in [1.29, 1.82) is 0 Å². The van der Waals surface area contributed by atoms with Crippen molar-refractivity contribution in [3.05, 3.63) is 65.9 Å². The smallest absolute Gasteiger partial charge is 0.321 e. The maximum absolute atomic E-state index is 12.7. The van der Waals surface area contributed by atoms with Crippen molar-refractivity contribution in [3.8, 4) is 0 Å². The average Bonchev–Trinajstić information content (AvgIpc) is 3.29. The molecule has 4 rings (SSSR count). The highest BCUT2D eigenvalue weighted by Crippen LogP contribution is 2.21. The van der Waals surface area contributed by atoms with Crippen LogP contribution in [0.3, 0.4) is 0 Å². The van der Waals surface area contributed by atoms with Gasteiger partial charge in [-0.25, -0.2) is 4.79 Å². The van der Waals surface area contributed by atoms with Crippen molar-refractivity contribution in [2.45, 2.75) is 13.0 Å². The molecule has 1 aliphatic heterocycles. The summed E-state index contributed by atoms with van der Waals surface area (Å²) in [6.07, 6.45) is 1.90. The van der Waals surface area contributed by atoms with Gasteiger partial charge in [-0.2, -0.15) is 0 Å². The number of hydrogen-bond donors (Lipinski definition) is 3. The molecule has 3 aromatic rings. The molecular weight excluding hydrogens is 328 g/mol. The highest BCUT2D eigenvalue weighted by Gasteiger charge is 2.22. The summed E-state index contributed by atoms with van der Waals surface area (Å²) in [5.74, 6) is -0.159. The summed E-state index contributed by atoms with van der Waals surface area (Å²) in [5.41, 5.74) is 3.38. The van der Waals surface area contributed by atoms with Gasteiger partial charge in [-0.05, 0) is 54.3 Å². The molecule has 2 aromatic carbocycles. The SMILES string of the molecule is CC(NC(=O)c1cccc(N2CCNC2=O)c1)c1ccc2[nH]ccc2c1. The van der Waals surface area contributed by atoms with E-state index in [1.54, 1.807) is 23.1 Å². The van der Waals surface area contributed by atoms with Gasteiger partial charge in [-0.15, -0.1) is 0 Å². The van der Waals surface area contributed by atoms with Crippen molar-refractivity contribution < 1.29 is 9.59 Å². The van der Waals surface area contributed by atoms with Gasteiger partial charge in [-0.3, -0.25) is 9.69 Å². The van der Waals surface area contributed by atoms with Gasteiger partial charge in [0.05, 0.1) is 6.04 Å². The van der Waals surface area contributed by atoms with Crippen molar-refractivity contribution >= 4 is 28.5 Å². The molecule has 26 heavy (non-hydrogen) atoms. The Hall–Kier alpha value is -3.28. The highest BCUT2D eigenvalue weighted by atomic mass is 16.2. The zero-order valence-electron chi connectivity index (χ0n) is 14.5. The lowest BCUT2D eigenvalue weighted by Crippen LogP contribution is -2.29. The molecule has 1 unspecified atom stereocenters. The minimum atomic E-state index is -0.159. The minimum Gasteiger partial charge on any atom is -0.361 e. The fourth-order valence-corrected chi connectivity index (χ4v) is 3.24. The van der Waals surface area contributed by atoms with Crippen LogP contribution in [0.5, 0.6) is 0 Å². The first-order chi connectivity index (χ1) is 12.6. The first kappa shape index (κ1) is 16.2. The Kier molecular flexibility index (Phi) is 4.08. The van der Waals surface area contributed by atoms with Gasteiger partial charge in [0.2, 0.25) is 0 Å². The van der Waals surface area contributed by atoms with E-state index in [4.69, 9.17) is 0 Å². The van der Waals surface area contributed by atoms with Crippen LogP contribution in [0.1, 0.15) is 28.9 Å². The van der Waals surface area contributed by atoms with Gasteiger partial charge in [-0.1, -0.05) is 12.1 Å². The molecule has 0 saturated carbocycles. The molecule has 3 amide bonds. The summed E-state index contributed by atoms with van der Waals surface area (Å²) < 4.78 is 0. The lowest BCUT2D eigenvalue weighted by atomic mass is 10.1. The number of nitrogens with zero attached hydrogens (tertiary/aromatic N) is 1. The van der Waals surface area contributed by atoms with E-state index in [9.17, 15) is 9.59 Å². The van der Waals surface area contributed by atoms with Gasteiger partial charge in [0.25, 0.3) is 5.91 Å². The number of hydrogen-bond acceptors (Lipinski definition) is 2. The van der Waals surface area contributed by atoms with E-state index in [1.807, 2.05) is 37.4 Å². The average molecular weight is 348 g/mol. The predicted octanol–water partition coefficient (Wildman–Crippen LogP) is 3.19. The summed E-state index contributed by atoms with van der Waals surface area (Å²) in [6.45, 7) is 3.19. The predicted molar refractivity (Wildman–Crippen MR) is 101 cm³/mol. The van der Waals surface area contributed by atoms with Crippen molar-refractivity contribution in [1.82, 2.24) is 15.6 Å². The largest absolute Gasteiger partial charge is 0.361 e. The van der Waals surface area contributed by atoms with E-state index in [0.717, 1.165) is 22.2 Å². The highest BCUT2D eigenvalue weighted by molar-refractivity contribution is 5.98. The monoisotopic (exact) mass is 348 g/mol. The molecule has 1 saturated heterocycles. The lowest BCUT2D eigenvalue weighted by Gasteiger charge is -2.17. The first-order valence-electron chi connectivity index (χ1n) is 8.65. The quantitative estimate of drug-likeness (QED) is 0.677. The van der Waals surface area contributed by atoms with Crippen LogP contribution in [0.4, 0.5) is 10.5 Å². The molecule has 1 aromatic heterocycles. The van der Waals surface area contributed by atoms with Crippen molar-refractivity contribution in [2.24, 2.45) is 0 Å². The van der Waals surface area contributed by atoms with E-state index in [0.29, 0.717) is 18.7 Å². The number of fused-ring (bicyclic) bond motifs is 1. The summed E-state index contributed by atoms with van der Waals surface area (Å²) in [5, 5.41) is 6.91. The number of aromatic amines is 1. The fourth-order valence-electron chi connectivity index (χ4n) is 3.24. The van der Waals surface area contributed by atoms with Crippen LogP contribution in [0.15, 0.2) is 54.7 Å². The van der Waals surface area contributed by atoms with E-state index < -0.39 is 0 Å². The number of rotatable bonds is 4. The second-order valence-corrected chi connectivity index (χ2v) is 6.45. The minimum absolute atomic E-state index is 0.124. The molecule has 0 aliphatic carbocycles. The van der Waals surface area contributed by atoms with Gasteiger partial charge in [0.1, 0.15) is 0 Å². The molecule has 1 aliphatic rings. The Labute approximate surface area is 151 Å². The Bertz CT molecular complexity index is 979. The van der Waals surface area contributed by atoms with Crippen LogP contribution >= 0.6 is 0 Å².